The molecule has 0 atom stereocenters. The number of pyridine rings is 1. The second-order valence-corrected chi connectivity index (χ2v) is 3.81. The molecule has 0 amide bonds. The molecule has 0 fully saturated rings. The molecule has 2 aromatic rings. The van der Waals surface area contributed by atoms with E-state index in [9.17, 15) is 4.79 Å². The fraction of sp³-hybridized carbons (Fsp3) is 0.400. The summed E-state index contributed by atoms with van der Waals surface area (Å²) in [6.07, 6.45) is 1.70. The zero-order valence-corrected chi connectivity index (χ0v) is 8.82. The zero-order valence-electron chi connectivity index (χ0n) is 8.82. The van der Waals surface area contributed by atoms with E-state index in [-0.39, 0.29) is 11.7 Å². The summed E-state index contributed by atoms with van der Waals surface area (Å²) < 4.78 is 1.63. The first-order valence-electron chi connectivity index (χ1n) is 4.92. The van der Waals surface area contributed by atoms with Crippen LogP contribution in [-0.4, -0.2) is 14.5 Å². The SMILES string of the molecule is CC(C)n1c(=O)[nH]c2cc(CN)cnc21. The topological polar surface area (TPSA) is 76.7 Å². The summed E-state index contributed by atoms with van der Waals surface area (Å²) in [5.74, 6) is 0. The summed E-state index contributed by atoms with van der Waals surface area (Å²) in [5.41, 5.74) is 7.73. The number of imidazole rings is 1. The van der Waals surface area contributed by atoms with Crippen LogP contribution >= 0.6 is 0 Å². The van der Waals surface area contributed by atoms with Crippen molar-refractivity contribution in [3.63, 3.8) is 0 Å². The first-order chi connectivity index (χ1) is 7.13. The predicted molar refractivity (Wildman–Crippen MR) is 58.6 cm³/mol. The summed E-state index contributed by atoms with van der Waals surface area (Å²) >= 11 is 0. The monoisotopic (exact) mass is 206 g/mol. The van der Waals surface area contributed by atoms with Gasteiger partial charge in [0.2, 0.25) is 0 Å². The third-order valence-corrected chi connectivity index (χ3v) is 2.36. The van der Waals surface area contributed by atoms with Crippen molar-refractivity contribution < 1.29 is 0 Å². The van der Waals surface area contributed by atoms with Crippen LogP contribution in [0, 0.1) is 0 Å². The summed E-state index contributed by atoms with van der Waals surface area (Å²) in [5, 5.41) is 0. The second-order valence-electron chi connectivity index (χ2n) is 3.81. The maximum absolute atomic E-state index is 11.6. The van der Waals surface area contributed by atoms with E-state index in [0.717, 1.165) is 11.1 Å². The van der Waals surface area contributed by atoms with Gasteiger partial charge in [-0.1, -0.05) is 0 Å². The Morgan fingerprint density at radius 3 is 2.93 bits per heavy atom. The van der Waals surface area contributed by atoms with E-state index in [4.69, 9.17) is 5.73 Å². The van der Waals surface area contributed by atoms with Gasteiger partial charge in [0.25, 0.3) is 0 Å². The van der Waals surface area contributed by atoms with Gasteiger partial charge < -0.3 is 10.7 Å². The van der Waals surface area contributed by atoms with Gasteiger partial charge in [-0.2, -0.15) is 0 Å². The number of H-pyrrole nitrogens is 1. The Labute approximate surface area is 86.9 Å². The quantitative estimate of drug-likeness (QED) is 0.761. The molecule has 0 bridgehead atoms. The normalized spacial score (nSPS) is 11.5. The van der Waals surface area contributed by atoms with E-state index in [1.165, 1.54) is 0 Å². The van der Waals surface area contributed by atoms with E-state index in [1.54, 1.807) is 10.8 Å². The van der Waals surface area contributed by atoms with Crippen molar-refractivity contribution in [3.05, 3.63) is 28.3 Å². The standard InChI is InChI=1S/C10H14N4O/c1-6(2)14-9-8(13-10(14)15)3-7(4-11)5-12-9/h3,5-6H,4,11H2,1-2H3,(H,13,15). The minimum Gasteiger partial charge on any atom is -0.326 e. The number of hydrogen-bond acceptors (Lipinski definition) is 3. The van der Waals surface area contributed by atoms with Crippen molar-refractivity contribution >= 4 is 11.2 Å². The molecule has 0 unspecified atom stereocenters. The van der Waals surface area contributed by atoms with Crippen LogP contribution in [-0.2, 0) is 6.54 Å². The smallest absolute Gasteiger partial charge is 0.326 e. The lowest BCUT2D eigenvalue weighted by Gasteiger charge is -2.05. The van der Waals surface area contributed by atoms with Crippen LogP contribution in [0.1, 0.15) is 25.5 Å². The molecule has 2 rings (SSSR count). The van der Waals surface area contributed by atoms with Gasteiger partial charge in [-0.25, -0.2) is 9.78 Å². The molecule has 2 heterocycles. The number of fused-ring (bicyclic) bond motifs is 1. The summed E-state index contributed by atoms with van der Waals surface area (Å²) in [6, 6.07) is 1.96. The van der Waals surface area contributed by atoms with Crippen molar-refractivity contribution in [2.75, 3.05) is 0 Å². The van der Waals surface area contributed by atoms with Gasteiger partial charge in [-0.3, -0.25) is 4.57 Å². The van der Waals surface area contributed by atoms with Crippen LogP contribution in [0.3, 0.4) is 0 Å². The Bertz CT molecular complexity index is 538. The van der Waals surface area contributed by atoms with Gasteiger partial charge in [0, 0.05) is 18.8 Å². The van der Waals surface area contributed by atoms with E-state index < -0.39 is 0 Å². The molecule has 0 saturated carbocycles. The van der Waals surface area contributed by atoms with Crippen LogP contribution in [0.2, 0.25) is 0 Å². The van der Waals surface area contributed by atoms with Gasteiger partial charge in [0.05, 0.1) is 5.52 Å². The lowest BCUT2D eigenvalue weighted by molar-refractivity contribution is 0.593. The van der Waals surface area contributed by atoms with Gasteiger partial charge in [0.1, 0.15) is 0 Å². The Morgan fingerprint density at radius 2 is 2.33 bits per heavy atom. The van der Waals surface area contributed by atoms with Crippen LogP contribution in [0.25, 0.3) is 11.2 Å². The number of nitrogens with two attached hydrogens (primary N) is 1. The van der Waals surface area contributed by atoms with Crippen LogP contribution in [0.5, 0.6) is 0 Å². The maximum Gasteiger partial charge on any atom is 0.327 e. The second kappa shape index (κ2) is 3.51. The highest BCUT2D eigenvalue weighted by Crippen LogP contribution is 2.12. The van der Waals surface area contributed by atoms with Gasteiger partial charge in [-0.05, 0) is 25.5 Å². The van der Waals surface area contributed by atoms with Crippen molar-refractivity contribution in [3.8, 4) is 0 Å². The molecule has 0 radical (unpaired) electrons. The van der Waals surface area contributed by atoms with Gasteiger partial charge >= 0.3 is 5.69 Å². The Kier molecular flexibility index (Phi) is 2.32. The van der Waals surface area contributed by atoms with E-state index in [2.05, 4.69) is 9.97 Å². The Hall–Kier alpha value is -1.62. The summed E-state index contributed by atoms with van der Waals surface area (Å²) in [7, 11) is 0. The highest BCUT2D eigenvalue weighted by Gasteiger charge is 2.10. The number of aromatic amines is 1. The maximum atomic E-state index is 11.6. The number of rotatable bonds is 2. The lowest BCUT2D eigenvalue weighted by atomic mass is 10.3. The zero-order chi connectivity index (χ0) is 11.0. The summed E-state index contributed by atoms with van der Waals surface area (Å²) in [6.45, 7) is 4.33. The molecule has 2 aromatic heterocycles. The molecule has 5 heteroatoms. The third-order valence-electron chi connectivity index (χ3n) is 2.36. The number of nitrogens with one attached hydrogen (secondary N) is 1. The Morgan fingerprint density at radius 1 is 1.60 bits per heavy atom. The van der Waals surface area contributed by atoms with Crippen molar-refractivity contribution in [2.24, 2.45) is 5.73 Å². The fourth-order valence-corrected chi connectivity index (χ4v) is 1.65. The van der Waals surface area contributed by atoms with Crippen LogP contribution in [0.4, 0.5) is 0 Å². The van der Waals surface area contributed by atoms with Crippen molar-refractivity contribution in [1.29, 1.82) is 0 Å². The van der Waals surface area contributed by atoms with Crippen molar-refractivity contribution in [2.45, 2.75) is 26.4 Å². The van der Waals surface area contributed by atoms with Gasteiger partial charge in [-0.15, -0.1) is 0 Å². The molecule has 0 aliphatic rings. The fourth-order valence-electron chi connectivity index (χ4n) is 1.65. The molecular formula is C10H14N4O. The minimum absolute atomic E-state index is 0.0995. The van der Waals surface area contributed by atoms with Crippen molar-refractivity contribution in [1.82, 2.24) is 14.5 Å². The molecule has 3 N–H and O–H groups in total. The first-order valence-corrected chi connectivity index (χ1v) is 4.92. The Balaban J connectivity index is 2.74. The molecule has 0 aromatic carbocycles. The molecular weight excluding hydrogens is 192 g/mol. The van der Waals surface area contributed by atoms with Gasteiger partial charge in [0.15, 0.2) is 5.65 Å². The molecule has 5 nitrogen and oxygen atoms in total. The molecule has 80 valence electrons. The number of aromatic nitrogens is 3. The highest BCUT2D eigenvalue weighted by molar-refractivity contribution is 5.71. The predicted octanol–water partition coefficient (Wildman–Crippen LogP) is 0.764. The number of hydrogen-bond donors (Lipinski definition) is 2. The van der Waals surface area contributed by atoms with Crippen LogP contribution in [0.15, 0.2) is 17.1 Å². The highest BCUT2D eigenvalue weighted by atomic mass is 16.1. The average Bonchev–Trinajstić information content (AvgIpc) is 2.52. The molecule has 0 aliphatic heterocycles. The molecule has 15 heavy (non-hydrogen) atoms. The first kappa shape index (κ1) is 9.92. The molecule has 0 aliphatic carbocycles. The number of nitrogens with zero attached hydrogens (tertiary/aromatic N) is 2. The van der Waals surface area contributed by atoms with E-state index in [1.807, 2.05) is 19.9 Å². The largest absolute Gasteiger partial charge is 0.327 e. The lowest BCUT2D eigenvalue weighted by Crippen LogP contribution is -2.18. The molecule has 0 saturated heterocycles. The average molecular weight is 206 g/mol. The summed E-state index contributed by atoms with van der Waals surface area (Å²) in [4.78, 5) is 18.6. The minimum atomic E-state index is -0.123. The van der Waals surface area contributed by atoms with E-state index in [0.29, 0.717) is 12.2 Å². The molecule has 0 spiro atoms. The van der Waals surface area contributed by atoms with E-state index >= 15 is 0 Å². The third kappa shape index (κ3) is 1.55. The van der Waals surface area contributed by atoms with Crippen LogP contribution < -0.4 is 11.4 Å².